The van der Waals surface area contributed by atoms with Crippen LogP contribution in [0.2, 0.25) is 5.02 Å². The molecule has 0 heterocycles. The molecule has 0 atom stereocenters. The lowest BCUT2D eigenvalue weighted by Gasteiger charge is -2.14. The standard InChI is InChI=1S/C9H11ClO4/c1-4-5(10)7(12)9(14-3)8(13-2)6(4)11/h11-12H,1-3H3. The maximum atomic E-state index is 9.61. The van der Waals surface area contributed by atoms with Gasteiger partial charge in [0.05, 0.1) is 19.2 Å². The van der Waals surface area contributed by atoms with Crippen LogP contribution in [0.5, 0.6) is 23.0 Å². The van der Waals surface area contributed by atoms with Crippen LogP contribution in [-0.4, -0.2) is 24.4 Å². The van der Waals surface area contributed by atoms with Crippen LogP contribution in [0.15, 0.2) is 0 Å². The Hall–Kier alpha value is -1.29. The molecule has 1 aromatic rings. The number of rotatable bonds is 2. The van der Waals surface area contributed by atoms with Crippen molar-refractivity contribution >= 4 is 11.6 Å². The Morgan fingerprint density at radius 1 is 1.00 bits per heavy atom. The van der Waals surface area contributed by atoms with Crippen molar-refractivity contribution in [2.75, 3.05) is 14.2 Å². The van der Waals surface area contributed by atoms with Crippen LogP contribution < -0.4 is 9.47 Å². The predicted molar refractivity (Wildman–Crippen MR) is 52.6 cm³/mol. The van der Waals surface area contributed by atoms with Crippen molar-refractivity contribution in [2.45, 2.75) is 6.92 Å². The van der Waals surface area contributed by atoms with Gasteiger partial charge < -0.3 is 19.7 Å². The summed E-state index contributed by atoms with van der Waals surface area (Å²) in [6.07, 6.45) is 0. The predicted octanol–water partition coefficient (Wildman–Crippen LogP) is 2.08. The van der Waals surface area contributed by atoms with Gasteiger partial charge in [-0.3, -0.25) is 0 Å². The first-order chi connectivity index (χ1) is 6.54. The number of ether oxygens (including phenoxy) is 2. The lowest BCUT2D eigenvalue weighted by molar-refractivity contribution is 0.315. The fraction of sp³-hybridized carbons (Fsp3) is 0.333. The Morgan fingerprint density at radius 3 is 1.86 bits per heavy atom. The molecule has 0 unspecified atom stereocenters. The quantitative estimate of drug-likeness (QED) is 0.747. The average Bonchev–Trinajstić information content (AvgIpc) is 2.20. The van der Waals surface area contributed by atoms with Crippen molar-refractivity contribution in [3.8, 4) is 23.0 Å². The van der Waals surface area contributed by atoms with Gasteiger partial charge >= 0.3 is 0 Å². The summed E-state index contributed by atoms with van der Waals surface area (Å²) in [5, 5.41) is 19.2. The zero-order valence-corrected chi connectivity index (χ0v) is 8.84. The number of benzene rings is 1. The van der Waals surface area contributed by atoms with Gasteiger partial charge in [0.25, 0.3) is 0 Å². The molecule has 0 saturated heterocycles. The smallest absolute Gasteiger partial charge is 0.208 e. The van der Waals surface area contributed by atoms with Gasteiger partial charge in [0.1, 0.15) is 0 Å². The number of halogens is 1. The monoisotopic (exact) mass is 218 g/mol. The van der Waals surface area contributed by atoms with Crippen molar-refractivity contribution in [3.05, 3.63) is 10.6 Å². The molecule has 0 aromatic heterocycles. The molecule has 14 heavy (non-hydrogen) atoms. The Balaban J connectivity index is 3.57. The highest BCUT2D eigenvalue weighted by molar-refractivity contribution is 6.33. The summed E-state index contributed by atoms with van der Waals surface area (Å²) in [5.41, 5.74) is 0.349. The van der Waals surface area contributed by atoms with Gasteiger partial charge in [0, 0.05) is 5.56 Å². The molecule has 0 fully saturated rings. The summed E-state index contributed by atoms with van der Waals surface area (Å²) in [4.78, 5) is 0. The maximum Gasteiger partial charge on any atom is 0.208 e. The summed E-state index contributed by atoms with van der Waals surface area (Å²) < 4.78 is 9.75. The number of phenolic OH excluding ortho intramolecular Hbond substituents is 2. The van der Waals surface area contributed by atoms with Gasteiger partial charge in [-0.2, -0.15) is 0 Å². The third-order valence-electron chi connectivity index (χ3n) is 1.94. The van der Waals surface area contributed by atoms with E-state index in [0.717, 1.165) is 0 Å². The molecule has 78 valence electrons. The maximum absolute atomic E-state index is 9.61. The SMILES string of the molecule is COc1c(O)c(C)c(Cl)c(O)c1OC. The van der Waals surface area contributed by atoms with E-state index in [4.69, 9.17) is 21.1 Å². The van der Waals surface area contributed by atoms with Crippen LogP contribution >= 0.6 is 11.6 Å². The average molecular weight is 219 g/mol. The van der Waals surface area contributed by atoms with E-state index >= 15 is 0 Å². The largest absolute Gasteiger partial charge is 0.504 e. The Kier molecular flexibility index (Phi) is 2.96. The van der Waals surface area contributed by atoms with Crippen LogP contribution in [0.3, 0.4) is 0 Å². The first-order valence-electron chi connectivity index (χ1n) is 3.86. The van der Waals surface area contributed by atoms with E-state index in [1.807, 2.05) is 0 Å². The molecule has 0 aliphatic carbocycles. The second-order valence-corrected chi connectivity index (χ2v) is 3.08. The fourth-order valence-electron chi connectivity index (χ4n) is 1.15. The lowest BCUT2D eigenvalue weighted by atomic mass is 10.1. The second-order valence-electron chi connectivity index (χ2n) is 2.70. The van der Waals surface area contributed by atoms with Gasteiger partial charge in [-0.05, 0) is 6.92 Å². The third kappa shape index (κ3) is 1.42. The van der Waals surface area contributed by atoms with Gasteiger partial charge in [0.15, 0.2) is 11.5 Å². The third-order valence-corrected chi connectivity index (χ3v) is 2.40. The van der Waals surface area contributed by atoms with Crippen molar-refractivity contribution in [2.24, 2.45) is 0 Å². The highest BCUT2D eigenvalue weighted by Gasteiger charge is 2.21. The van der Waals surface area contributed by atoms with Crippen molar-refractivity contribution in [3.63, 3.8) is 0 Å². The van der Waals surface area contributed by atoms with Gasteiger partial charge in [-0.25, -0.2) is 0 Å². The van der Waals surface area contributed by atoms with Crippen LogP contribution in [0.1, 0.15) is 5.56 Å². The van der Waals surface area contributed by atoms with Crippen LogP contribution in [0, 0.1) is 6.92 Å². The van der Waals surface area contributed by atoms with Gasteiger partial charge in [0.2, 0.25) is 11.5 Å². The molecule has 0 radical (unpaired) electrons. The minimum Gasteiger partial charge on any atom is -0.504 e. The molecule has 5 heteroatoms. The van der Waals surface area contributed by atoms with Crippen molar-refractivity contribution in [1.29, 1.82) is 0 Å². The molecule has 0 spiro atoms. The number of hydrogen-bond acceptors (Lipinski definition) is 4. The van der Waals surface area contributed by atoms with Crippen LogP contribution in [-0.2, 0) is 0 Å². The molecule has 1 rings (SSSR count). The first kappa shape index (κ1) is 10.8. The number of hydrogen-bond donors (Lipinski definition) is 2. The fourth-order valence-corrected chi connectivity index (χ4v) is 1.32. The first-order valence-corrected chi connectivity index (χ1v) is 4.24. The van der Waals surface area contributed by atoms with E-state index in [1.165, 1.54) is 14.2 Å². The lowest BCUT2D eigenvalue weighted by Crippen LogP contribution is -1.94. The molecular weight excluding hydrogens is 208 g/mol. The minimum atomic E-state index is -0.235. The molecule has 0 bridgehead atoms. The minimum absolute atomic E-state index is 0.0283. The number of aromatic hydroxyl groups is 2. The molecule has 0 aliphatic heterocycles. The summed E-state index contributed by atoms with van der Waals surface area (Å²) in [6.45, 7) is 1.57. The molecule has 0 amide bonds. The van der Waals surface area contributed by atoms with E-state index in [0.29, 0.717) is 5.56 Å². The number of methoxy groups -OCH3 is 2. The zero-order chi connectivity index (χ0) is 10.9. The topological polar surface area (TPSA) is 58.9 Å². The molecule has 0 saturated carbocycles. The molecular formula is C9H11ClO4. The number of phenols is 2. The van der Waals surface area contributed by atoms with Crippen LogP contribution in [0.25, 0.3) is 0 Å². The van der Waals surface area contributed by atoms with Gasteiger partial charge in [-0.15, -0.1) is 0 Å². The summed E-state index contributed by atoms with van der Waals surface area (Å²) in [7, 11) is 2.72. The second kappa shape index (κ2) is 3.84. The van der Waals surface area contributed by atoms with E-state index in [-0.39, 0.29) is 28.0 Å². The molecule has 1 aromatic carbocycles. The van der Waals surface area contributed by atoms with E-state index in [2.05, 4.69) is 0 Å². The normalized spacial score (nSPS) is 10.0. The van der Waals surface area contributed by atoms with Crippen molar-refractivity contribution < 1.29 is 19.7 Å². The van der Waals surface area contributed by atoms with Gasteiger partial charge in [-0.1, -0.05) is 11.6 Å². The highest BCUT2D eigenvalue weighted by Crippen LogP contribution is 2.50. The molecule has 4 nitrogen and oxygen atoms in total. The Labute approximate surface area is 86.6 Å². The summed E-state index contributed by atoms with van der Waals surface area (Å²) >= 11 is 5.75. The van der Waals surface area contributed by atoms with E-state index < -0.39 is 0 Å². The van der Waals surface area contributed by atoms with E-state index in [9.17, 15) is 10.2 Å². The summed E-state index contributed by atoms with van der Waals surface area (Å²) in [6, 6.07) is 0. The van der Waals surface area contributed by atoms with E-state index in [1.54, 1.807) is 6.92 Å². The zero-order valence-electron chi connectivity index (χ0n) is 8.09. The highest BCUT2D eigenvalue weighted by atomic mass is 35.5. The van der Waals surface area contributed by atoms with Crippen LogP contribution in [0.4, 0.5) is 0 Å². The summed E-state index contributed by atoms with van der Waals surface area (Å²) in [5.74, 6) is -0.263. The van der Waals surface area contributed by atoms with Crippen molar-refractivity contribution in [1.82, 2.24) is 0 Å². The molecule has 2 N–H and O–H groups in total. The molecule has 0 aliphatic rings. The Bertz CT molecular complexity index is 328. The Morgan fingerprint density at radius 2 is 1.43 bits per heavy atom.